The summed E-state index contributed by atoms with van der Waals surface area (Å²) in [5, 5.41) is 0. The highest BCUT2D eigenvalue weighted by atomic mass is 32.2. The maximum Gasteiger partial charge on any atom is 0.119 e. The molecule has 0 amide bonds. The summed E-state index contributed by atoms with van der Waals surface area (Å²) >= 11 is 3.90. The van der Waals surface area contributed by atoms with E-state index in [-0.39, 0.29) is 6.04 Å². The molecule has 0 radical (unpaired) electrons. The molecule has 0 bridgehead atoms. The second-order valence-corrected chi connectivity index (χ2v) is 7.27. The van der Waals surface area contributed by atoms with Crippen LogP contribution in [0.3, 0.4) is 0 Å². The molecule has 0 saturated heterocycles. The van der Waals surface area contributed by atoms with E-state index in [9.17, 15) is 0 Å². The Hall–Kier alpha value is -1.01. The van der Waals surface area contributed by atoms with E-state index < -0.39 is 0 Å². The number of ether oxygens (including phenoxy) is 1. The second kappa shape index (κ2) is 6.83. The SMILES string of the molecule is CCOc1ccc(C(NN)c2cc3c(s2)CCSC3)cc1. The number of hydrazine groups is 1. The largest absolute Gasteiger partial charge is 0.494 e. The lowest BCUT2D eigenvalue weighted by atomic mass is 10.0. The van der Waals surface area contributed by atoms with Gasteiger partial charge in [-0.15, -0.1) is 11.3 Å². The number of thioether (sulfide) groups is 1. The molecular weight excluding hydrogens is 300 g/mol. The fourth-order valence-corrected chi connectivity index (χ4v) is 5.04. The Bertz CT molecular complexity index is 571. The lowest BCUT2D eigenvalue weighted by Gasteiger charge is -2.15. The number of thiophene rings is 1. The lowest BCUT2D eigenvalue weighted by molar-refractivity contribution is 0.340. The van der Waals surface area contributed by atoms with Crippen molar-refractivity contribution in [2.45, 2.75) is 25.1 Å². The minimum Gasteiger partial charge on any atom is -0.494 e. The van der Waals surface area contributed by atoms with Crippen LogP contribution in [0.25, 0.3) is 0 Å². The smallest absolute Gasteiger partial charge is 0.119 e. The van der Waals surface area contributed by atoms with Crippen molar-refractivity contribution in [3.05, 3.63) is 51.2 Å². The van der Waals surface area contributed by atoms with Crippen molar-refractivity contribution < 1.29 is 4.74 Å². The molecule has 2 aromatic rings. The summed E-state index contributed by atoms with van der Waals surface area (Å²) in [7, 11) is 0. The summed E-state index contributed by atoms with van der Waals surface area (Å²) in [6, 6.07) is 10.6. The molecule has 3 nitrogen and oxygen atoms in total. The first-order valence-corrected chi connectivity index (χ1v) is 9.17. The minimum atomic E-state index is 0.0567. The molecule has 112 valence electrons. The Kier molecular flexibility index (Phi) is 4.85. The fourth-order valence-electron chi connectivity index (χ4n) is 2.58. The van der Waals surface area contributed by atoms with Crippen LogP contribution in [0.2, 0.25) is 0 Å². The van der Waals surface area contributed by atoms with Crippen LogP contribution >= 0.6 is 23.1 Å². The summed E-state index contributed by atoms with van der Waals surface area (Å²) in [5.41, 5.74) is 5.62. The molecule has 0 fully saturated rings. The van der Waals surface area contributed by atoms with Gasteiger partial charge in [-0.1, -0.05) is 12.1 Å². The third-order valence-electron chi connectivity index (χ3n) is 3.62. The van der Waals surface area contributed by atoms with E-state index in [4.69, 9.17) is 10.6 Å². The molecule has 1 unspecified atom stereocenters. The van der Waals surface area contributed by atoms with E-state index in [1.807, 2.05) is 42.2 Å². The Morgan fingerprint density at radius 2 is 2.14 bits per heavy atom. The standard InChI is InChI=1S/C16H20N2OS2/c1-2-19-13-5-3-11(4-6-13)16(18-17)15-9-12-10-20-8-7-14(12)21-15/h3-6,9,16,18H,2,7-8,10,17H2,1H3. The van der Waals surface area contributed by atoms with Gasteiger partial charge in [-0.2, -0.15) is 11.8 Å². The molecule has 1 aromatic carbocycles. The number of rotatable bonds is 5. The van der Waals surface area contributed by atoms with Crippen LogP contribution in [-0.2, 0) is 12.2 Å². The van der Waals surface area contributed by atoms with Crippen LogP contribution in [-0.4, -0.2) is 12.4 Å². The first-order chi connectivity index (χ1) is 10.3. The first-order valence-electron chi connectivity index (χ1n) is 7.20. The molecule has 1 atom stereocenters. The zero-order valence-electron chi connectivity index (χ0n) is 12.1. The number of benzene rings is 1. The Morgan fingerprint density at radius 1 is 1.33 bits per heavy atom. The highest BCUT2D eigenvalue weighted by Crippen LogP contribution is 2.36. The second-order valence-electron chi connectivity index (χ2n) is 5.00. The first kappa shape index (κ1) is 14.9. The Labute approximate surface area is 133 Å². The van der Waals surface area contributed by atoms with E-state index >= 15 is 0 Å². The molecule has 0 saturated carbocycles. The van der Waals surface area contributed by atoms with Gasteiger partial charge in [0, 0.05) is 15.5 Å². The van der Waals surface area contributed by atoms with Gasteiger partial charge in [0.1, 0.15) is 5.75 Å². The molecular formula is C16H20N2OS2. The molecule has 1 aliphatic heterocycles. The molecule has 0 aliphatic carbocycles. The van der Waals surface area contributed by atoms with Crippen molar-refractivity contribution in [1.29, 1.82) is 0 Å². The third kappa shape index (κ3) is 3.26. The normalized spacial score (nSPS) is 15.5. The summed E-state index contributed by atoms with van der Waals surface area (Å²) in [6.45, 7) is 2.68. The number of hydrogen-bond acceptors (Lipinski definition) is 5. The van der Waals surface area contributed by atoms with Gasteiger partial charge >= 0.3 is 0 Å². The Morgan fingerprint density at radius 3 is 2.81 bits per heavy atom. The zero-order chi connectivity index (χ0) is 14.7. The summed E-state index contributed by atoms with van der Waals surface area (Å²) < 4.78 is 5.49. The summed E-state index contributed by atoms with van der Waals surface area (Å²) in [4.78, 5) is 2.82. The number of hydrogen-bond donors (Lipinski definition) is 2. The van der Waals surface area contributed by atoms with Gasteiger partial charge in [0.25, 0.3) is 0 Å². The van der Waals surface area contributed by atoms with Gasteiger partial charge in [0.2, 0.25) is 0 Å². The highest BCUT2D eigenvalue weighted by molar-refractivity contribution is 7.98. The van der Waals surface area contributed by atoms with Crippen molar-refractivity contribution in [2.75, 3.05) is 12.4 Å². The number of nitrogens with one attached hydrogen (secondary N) is 1. The summed E-state index contributed by atoms with van der Waals surface area (Å²) in [6.07, 6.45) is 1.19. The van der Waals surface area contributed by atoms with Gasteiger partial charge in [0.05, 0.1) is 12.6 Å². The van der Waals surface area contributed by atoms with Crippen LogP contribution in [0.4, 0.5) is 0 Å². The lowest BCUT2D eigenvalue weighted by Crippen LogP contribution is -2.28. The average Bonchev–Trinajstić information content (AvgIpc) is 2.93. The van der Waals surface area contributed by atoms with Crippen molar-refractivity contribution in [3.8, 4) is 5.75 Å². The van der Waals surface area contributed by atoms with Gasteiger partial charge in [-0.05, 0) is 48.4 Å². The van der Waals surface area contributed by atoms with Crippen LogP contribution in [0.1, 0.15) is 33.8 Å². The van der Waals surface area contributed by atoms with E-state index in [1.54, 1.807) is 0 Å². The minimum absolute atomic E-state index is 0.0567. The predicted octanol–water partition coefficient (Wildman–Crippen LogP) is 3.49. The van der Waals surface area contributed by atoms with Gasteiger partial charge in [-0.25, -0.2) is 5.43 Å². The van der Waals surface area contributed by atoms with E-state index in [1.165, 1.54) is 33.1 Å². The molecule has 3 rings (SSSR count). The van der Waals surface area contributed by atoms with Crippen LogP contribution in [0.5, 0.6) is 5.75 Å². The topological polar surface area (TPSA) is 47.3 Å². The third-order valence-corrected chi connectivity index (χ3v) is 5.93. The molecule has 5 heteroatoms. The van der Waals surface area contributed by atoms with Gasteiger partial charge in [-0.3, -0.25) is 5.84 Å². The summed E-state index contributed by atoms with van der Waals surface area (Å²) in [5.74, 6) is 9.08. The highest BCUT2D eigenvalue weighted by Gasteiger charge is 2.20. The van der Waals surface area contributed by atoms with Crippen LogP contribution in [0, 0.1) is 0 Å². The molecule has 21 heavy (non-hydrogen) atoms. The maximum atomic E-state index is 5.81. The molecule has 1 aromatic heterocycles. The molecule has 0 spiro atoms. The number of aryl methyl sites for hydroxylation is 1. The van der Waals surface area contributed by atoms with E-state index in [2.05, 4.69) is 23.6 Å². The predicted molar refractivity (Wildman–Crippen MR) is 91.0 cm³/mol. The zero-order valence-corrected chi connectivity index (χ0v) is 13.7. The maximum absolute atomic E-state index is 5.81. The monoisotopic (exact) mass is 320 g/mol. The fraction of sp³-hybridized carbons (Fsp3) is 0.375. The van der Waals surface area contributed by atoms with E-state index in [0.29, 0.717) is 6.61 Å². The Balaban J connectivity index is 1.85. The van der Waals surface area contributed by atoms with Crippen molar-refractivity contribution in [3.63, 3.8) is 0 Å². The number of nitrogens with two attached hydrogens (primary N) is 1. The van der Waals surface area contributed by atoms with Gasteiger partial charge < -0.3 is 4.74 Å². The molecule has 3 N–H and O–H groups in total. The van der Waals surface area contributed by atoms with Crippen LogP contribution < -0.4 is 16.0 Å². The van der Waals surface area contributed by atoms with E-state index in [0.717, 1.165) is 11.5 Å². The quantitative estimate of drug-likeness (QED) is 0.654. The van der Waals surface area contributed by atoms with Crippen molar-refractivity contribution >= 4 is 23.1 Å². The van der Waals surface area contributed by atoms with Crippen molar-refractivity contribution in [2.24, 2.45) is 5.84 Å². The van der Waals surface area contributed by atoms with Crippen LogP contribution in [0.15, 0.2) is 30.3 Å². The molecule has 2 heterocycles. The molecule has 1 aliphatic rings. The van der Waals surface area contributed by atoms with Gasteiger partial charge in [0.15, 0.2) is 0 Å². The number of fused-ring (bicyclic) bond motifs is 1. The average molecular weight is 320 g/mol. The van der Waals surface area contributed by atoms with Crippen molar-refractivity contribution in [1.82, 2.24) is 5.43 Å².